The maximum Gasteiger partial charge on any atom is 0.213 e. The molecule has 0 N–H and O–H groups in total. The molecular weight excluding hydrogens is 268 g/mol. The van der Waals surface area contributed by atoms with Gasteiger partial charge in [-0.05, 0) is 34.0 Å². The van der Waals surface area contributed by atoms with Crippen LogP contribution in [0.3, 0.4) is 0 Å². The summed E-state index contributed by atoms with van der Waals surface area (Å²) in [5.74, 6) is -0.426. The number of hydrogen-bond acceptors (Lipinski definition) is 1. The molecule has 0 saturated carbocycles. The van der Waals surface area contributed by atoms with E-state index < -0.39 is 5.95 Å². The molecular formula is C9H5FIN. The van der Waals surface area contributed by atoms with Crippen molar-refractivity contribution in [2.24, 2.45) is 0 Å². The fourth-order valence-corrected chi connectivity index (χ4v) is 1.77. The van der Waals surface area contributed by atoms with Gasteiger partial charge in [0.2, 0.25) is 5.95 Å². The Labute approximate surface area is 82.8 Å². The SMILES string of the molecule is Fc1cc2cccc(I)c2cn1. The standard InChI is InChI=1S/C9H5FIN/c10-9-4-6-2-1-3-8(11)7(6)5-12-9/h1-5H. The van der Waals surface area contributed by atoms with E-state index in [9.17, 15) is 4.39 Å². The maximum absolute atomic E-state index is 12.7. The van der Waals surface area contributed by atoms with Crippen molar-refractivity contribution in [3.63, 3.8) is 0 Å². The summed E-state index contributed by atoms with van der Waals surface area (Å²) >= 11 is 2.21. The summed E-state index contributed by atoms with van der Waals surface area (Å²) in [5.41, 5.74) is 0. The summed E-state index contributed by atoms with van der Waals surface area (Å²) in [6.07, 6.45) is 1.56. The molecule has 1 aromatic carbocycles. The number of pyridine rings is 1. The zero-order valence-electron chi connectivity index (χ0n) is 6.09. The number of nitrogens with zero attached hydrogens (tertiary/aromatic N) is 1. The van der Waals surface area contributed by atoms with E-state index in [0.29, 0.717) is 0 Å². The van der Waals surface area contributed by atoms with Gasteiger partial charge >= 0.3 is 0 Å². The minimum absolute atomic E-state index is 0.426. The molecule has 0 radical (unpaired) electrons. The van der Waals surface area contributed by atoms with Gasteiger partial charge < -0.3 is 0 Å². The average molecular weight is 273 g/mol. The highest BCUT2D eigenvalue weighted by atomic mass is 127. The molecule has 1 aromatic heterocycles. The van der Waals surface area contributed by atoms with E-state index in [4.69, 9.17) is 0 Å². The third-order valence-electron chi connectivity index (χ3n) is 1.68. The number of rotatable bonds is 0. The lowest BCUT2D eigenvalue weighted by molar-refractivity contribution is 0.586. The highest BCUT2D eigenvalue weighted by Gasteiger charge is 1.98. The van der Waals surface area contributed by atoms with Gasteiger partial charge in [-0.1, -0.05) is 12.1 Å². The predicted molar refractivity (Wildman–Crippen MR) is 54.4 cm³/mol. The van der Waals surface area contributed by atoms with Crippen LogP contribution in [0.2, 0.25) is 0 Å². The highest BCUT2D eigenvalue weighted by Crippen LogP contribution is 2.19. The van der Waals surface area contributed by atoms with Crippen molar-refractivity contribution in [3.05, 3.63) is 40.0 Å². The second-order valence-electron chi connectivity index (χ2n) is 2.47. The van der Waals surface area contributed by atoms with Crippen molar-refractivity contribution in [2.45, 2.75) is 0 Å². The van der Waals surface area contributed by atoms with Crippen LogP contribution < -0.4 is 0 Å². The van der Waals surface area contributed by atoms with Gasteiger partial charge in [-0.15, -0.1) is 0 Å². The molecule has 0 bridgehead atoms. The number of halogens is 2. The first-order valence-electron chi connectivity index (χ1n) is 3.47. The topological polar surface area (TPSA) is 12.9 Å². The first kappa shape index (κ1) is 7.91. The Morgan fingerprint density at radius 3 is 3.00 bits per heavy atom. The zero-order valence-corrected chi connectivity index (χ0v) is 8.25. The minimum Gasteiger partial charge on any atom is -0.228 e. The lowest BCUT2D eigenvalue weighted by Crippen LogP contribution is -1.83. The third kappa shape index (κ3) is 1.29. The van der Waals surface area contributed by atoms with Crippen LogP contribution in [-0.4, -0.2) is 4.98 Å². The van der Waals surface area contributed by atoms with Crippen LogP contribution >= 0.6 is 22.6 Å². The lowest BCUT2D eigenvalue weighted by Gasteiger charge is -1.98. The second-order valence-corrected chi connectivity index (χ2v) is 3.63. The van der Waals surface area contributed by atoms with Gasteiger partial charge in [0.05, 0.1) is 0 Å². The fourth-order valence-electron chi connectivity index (χ4n) is 1.11. The summed E-state index contributed by atoms with van der Waals surface area (Å²) in [7, 11) is 0. The van der Waals surface area contributed by atoms with Crippen LogP contribution in [0.1, 0.15) is 0 Å². The molecule has 0 amide bonds. The molecule has 60 valence electrons. The molecule has 12 heavy (non-hydrogen) atoms. The number of aromatic nitrogens is 1. The van der Waals surface area contributed by atoms with Gasteiger partial charge in [0, 0.05) is 21.2 Å². The lowest BCUT2D eigenvalue weighted by atomic mass is 10.2. The summed E-state index contributed by atoms with van der Waals surface area (Å²) in [4.78, 5) is 3.60. The minimum atomic E-state index is -0.426. The summed E-state index contributed by atoms with van der Waals surface area (Å²) in [5, 5.41) is 1.90. The van der Waals surface area contributed by atoms with E-state index in [1.807, 2.05) is 18.2 Å². The molecule has 1 heterocycles. The van der Waals surface area contributed by atoms with E-state index in [2.05, 4.69) is 27.6 Å². The molecule has 0 spiro atoms. The van der Waals surface area contributed by atoms with Crippen LogP contribution in [0.5, 0.6) is 0 Å². The molecule has 0 fully saturated rings. The Hall–Kier alpha value is -0.710. The Bertz CT molecular complexity index is 428. The molecule has 0 aliphatic rings. The van der Waals surface area contributed by atoms with Crippen LogP contribution in [-0.2, 0) is 0 Å². The average Bonchev–Trinajstić information content (AvgIpc) is 2.04. The van der Waals surface area contributed by atoms with E-state index in [0.717, 1.165) is 14.3 Å². The Morgan fingerprint density at radius 1 is 1.33 bits per heavy atom. The number of benzene rings is 1. The smallest absolute Gasteiger partial charge is 0.213 e. The van der Waals surface area contributed by atoms with Crippen LogP contribution in [0.4, 0.5) is 4.39 Å². The predicted octanol–water partition coefficient (Wildman–Crippen LogP) is 2.98. The van der Waals surface area contributed by atoms with Crippen molar-refractivity contribution in [3.8, 4) is 0 Å². The fraction of sp³-hybridized carbons (Fsp3) is 0. The summed E-state index contributed by atoms with van der Waals surface area (Å²) in [6, 6.07) is 7.20. The Balaban J connectivity index is 2.86. The van der Waals surface area contributed by atoms with Gasteiger partial charge in [-0.25, -0.2) is 4.98 Å². The van der Waals surface area contributed by atoms with Crippen molar-refractivity contribution >= 4 is 33.4 Å². The number of fused-ring (bicyclic) bond motifs is 1. The highest BCUT2D eigenvalue weighted by molar-refractivity contribution is 14.1. The first-order chi connectivity index (χ1) is 5.77. The van der Waals surface area contributed by atoms with E-state index >= 15 is 0 Å². The van der Waals surface area contributed by atoms with Gasteiger partial charge in [-0.2, -0.15) is 4.39 Å². The van der Waals surface area contributed by atoms with E-state index in [1.165, 1.54) is 6.07 Å². The van der Waals surface area contributed by atoms with Gasteiger partial charge in [-0.3, -0.25) is 0 Å². The van der Waals surface area contributed by atoms with Crippen molar-refractivity contribution < 1.29 is 4.39 Å². The normalized spacial score (nSPS) is 10.5. The zero-order chi connectivity index (χ0) is 8.55. The quantitative estimate of drug-likeness (QED) is 0.531. The van der Waals surface area contributed by atoms with Gasteiger partial charge in [0.25, 0.3) is 0 Å². The molecule has 2 aromatic rings. The number of hydrogen-bond donors (Lipinski definition) is 0. The van der Waals surface area contributed by atoms with Crippen LogP contribution in [0.25, 0.3) is 10.8 Å². The van der Waals surface area contributed by atoms with E-state index in [-0.39, 0.29) is 0 Å². The van der Waals surface area contributed by atoms with Crippen LogP contribution in [0, 0.1) is 9.52 Å². The molecule has 0 unspecified atom stereocenters. The van der Waals surface area contributed by atoms with Crippen molar-refractivity contribution in [2.75, 3.05) is 0 Å². The second kappa shape index (κ2) is 2.97. The molecule has 0 aliphatic heterocycles. The van der Waals surface area contributed by atoms with E-state index in [1.54, 1.807) is 6.20 Å². The monoisotopic (exact) mass is 273 g/mol. The third-order valence-corrected chi connectivity index (χ3v) is 2.62. The molecule has 2 rings (SSSR count). The Kier molecular flexibility index (Phi) is 1.96. The molecule has 0 saturated heterocycles. The van der Waals surface area contributed by atoms with Gasteiger partial charge in [0.15, 0.2) is 0 Å². The largest absolute Gasteiger partial charge is 0.228 e. The maximum atomic E-state index is 12.7. The summed E-state index contributed by atoms with van der Waals surface area (Å²) in [6.45, 7) is 0. The van der Waals surface area contributed by atoms with Gasteiger partial charge in [0.1, 0.15) is 0 Å². The summed E-state index contributed by atoms with van der Waals surface area (Å²) < 4.78 is 13.7. The Morgan fingerprint density at radius 2 is 2.17 bits per heavy atom. The van der Waals surface area contributed by atoms with Crippen molar-refractivity contribution in [1.82, 2.24) is 4.98 Å². The molecule has 1 nitrogen and oxygen atoms in total. The van der Waals surface area contributed by atoms with Crippen LogP contribution in [0.15, 0.2) is 30.5 Å². The van der Waals surface area contributed by atoms with Crippen molar-refractivity contribution in [1.29, 1.82) is 0 Å². The molecule has 3 heteroatoms. The molecule has 0 atom stereocenters. The first-order valence-corrected chi connectivity index (χ1v) is 4.55. The molecule has 0 aliphatic carbocycles.